The second-order valence-electron chi connectivity index (χ2n) is 9.57. The molecule has 7 nitrogen and oxygen atoms in total. The van der Waals surface area contributed by atoms with Gasteiger partial charge in [0.1, 0.15) is 18.5 Å². The lowest BCUT2D eigenvalue weighted by Gasteiger charge is -2.34. The van der Waals surface area contributed by atoms with E-state index >= 15 is 0 Å². The molecule has 2 fully saturated rings. The number of carbonyl (C=O) groups is 1. The van der Waals surface area contributed by atoms with Gasteiger partial charge in [0, 0.05) is 43.5 Å². The molecule has 0 spiro atoms. The fourth-order valence-corrected chi connectivity index (χ4v) is 6.06. The molecule has 2 unspecified atom stereocenters. The van der Waals surface area contributed by atoms with E-state index in [0.717, 1.165) is 57.3 Å². The highest BCUT2D eigenvalue weighted by Crippen LogP contribution is 2.31. The van der Waals surface area contributed by atoms with Gasteiger partial charge in [0.25, 0.3) is 0 Å². The molecule has 2 aliphatic heterocycles. The molecular formula is C26H32N4O3S. The summed E-state index contributed by atoms with van der Waals surface area (Å²) in [5.74, 6) is 0.776. The van der Waals surface area contributed by atoms with E-state index in [0.29, 0.717) is 25.2 Å². The van der Waals surface area contributed by atoms with Crippen molar-refractivity contribution in [2.45, 2.75) is 45.4 Å². The van der Waals surface area contributed by atoms with Crippen molar-refractivity contribution in [1.82, 2.24) is 14.8 Å². The van der Waals surface area contributed by atoms with Crippen molar-refractivity contribution in [3.05, 3.63) is 52.5 Å². The van der Waals surface area contributed by atoms with Gasteiger partial charge in [0.2, 0.25) is 5.91 Å². The quantitative estimate of drug-likeness (QED) is 0.515. The van der Waals surface area contributed by atoms with Crippen LogP contribution >= 0.6 is 11.3 Å². The van der Waals surface area contributed by atoms with Crippen molar-refractivity contribution >= 4 is 33.1 Å². The standard InChI is InChI=1S/C26H32N4O3S/c1-16-5-4-6-17(2)26(16)28-25(32)14-30-12-19-9-20(30)11-29(19)13-21(31)15-33-22-7-8-24-23(10-22)27-18(3)34-24/h4-8,10,19-21,31H,9,11-15H2,1-3H3,(H,28,32)/t19?,20?,21-/m1/s1. The second-order valence-corrected chi connectivity index (χ2v) is 10.8. The number of thiazole rings is 1. The van der Waals surface area contributed by atoms with E-state index in [1.807, 2.05) is 57.2 Å². The Morgan fingerprint density at radius 1 is 1.18 bits per heavy atom. The van der Waals surface area contributed by atoms with Gasteiger partial charge in [-0.1, -0.05) is 18.2 Å². The van der Waals surface area contributed by atoms with E-state index in [9.17, 15) is 9.90 Å². The Bertz CT molecular complexity index is 1180. The summed E-state index contributed by atoms with van der Waals surface area (Å²) in [7, 11) is 0. The van der Waals surface area contributed by atoms with Crippen molar-refractivity contribution in [2.75, 3.05) is 38.1 Å². The van der Waals surface area contributed by atoms with E-state index in [1.54, 1.807) is 11.3 Å². The topological polar surface area (TPSA) is 77.9 Å². The second kappa shape index (κ2) is 9.62. The number of aryl methyl sites for hydroxylation is 3. The molecule has 0 aliphatic carbocycles. The molecule has 2 aliphatic rings. The van der Waals surface area contributed by atoms with Crippen LogP contribution in [0.25, 0.3) is 10.2 Å². The summed E-state index contributed by atoms with van der Waals surface area (Å²) < 4.78 is 6.99. The number of hydrogen-bond donors (Lipinski definition) is 2. The largest absolute Gasteiger partial charge is 0.491 e. The number of amides is 1. The Hall–Kier alpha value is -2.52. The molecule has 0 radical (unpaired) electrons. The van der Waals surface area contributed by atoms with Crippen molar-refractivity contribution in [3.8, 4) is 5.75 Å². The summed E-state index contributed by atoms with van der Waals surface area (Å²) in [4.78, 5) is 21.8. The van der Waals surface area contributed by atoms with Crippen LogP contribution in [0, 0.1) is 20.8 Å². The van der Waals surface area contributed by atoms with Gasteiger partial charge in [-0.15, -0.1) is 11.3 Å². The Morgan fingerprint density at radius 3 is 2.65 bits per heavy atom. The molecule has 2 bridgehead atoms. The molecular weight excluding hydrogens is 448 g/mol. The fourth-order valence-electron chi connectivity index (χ4n) is 5.25. The number of hydrogen-bond acceptors (Lipinski definition) is 7. The van der Waals surface area contributed by atoms with Crippen molar-refractivity contribution in [3.63, 3.8) is 0 Å². The molecule has 2 N–H and O–H groups in total. The Balaban J connectivity index is 1.08. The van der Waals surface area contributed by atoms with E-state index in [2.05, 4.69) is 20.1 Å². The zero-order chi connectivity index (χ0) is 23.8. The number of benzene rings is 2. The predicted molar refractivity (Wildman–Crippen MR) is 136 cm³/mol. The van der Waals surface area contributed by atoms with Gasteiger partial charge >= 0.3 is 0 Å². The number of aromatic nitrogens is 1. The summed E-state index contributed by atoms with van der Waals surface area (Å²) >= 11 is 1.67. The molecule has 2 saturated heterocycles. The number of fused-ring (bicyclic) bond motifs is 3. The SMILES string of the molecule is Cc1nc2cc(OC[C@H](O)CN3CC4CC3CN4CC(=O)Nc3c(C)cccc3C)ccc2s1. The van der Waals surface area contributed by atoms with Gasteiger partial charge < -0.3 is 15.2 Å². The first-order valence-corrected chi connectivity index (χ1v) is 12.7. The van der Waals surface area contributed by atoms with Crippen LogP contribution < -0.4 is 10.1 Å². The van der Waals surface area contributed by atoms with Crippen molar-refractivity contribution in [2.24, 2.45) is 0 Å². The third-order valence-corrected chi connectivity index (χ3v) is 7.87. The molecule has 2 aromatic carbocycles. The number of para-hydroxylation sites is 1. The lowest BCUT2D eigenvalue weighted by Crippen LogP contribution is -2.50. The normalized spacial score (nSPS) is 21.3. The molecule has 3 heterocycles. The Kier molecular flexibility index (Phi) is 6.57. The summed E-state index contributed by atoms with van der Waals surface area (Å²) in [5, 5.41) is 14.7. The zero-order valence-corrected chi connectivity index (χ0v) is 20.8. The van der Waals surface area contributed by atoms with Crippen LogP contribution in [-0.2, 0) is 4.79 Å². The highest BCUT2D eigenvalue weighted by molar-refractivity contribution is 7.18. The number of β-amino-alcohol motifs (C(OH)–C–C–N with tert-alkyl or cyclic N) is 1. The molecule has 3 aromatic rings. The van der Waals surface area contributed by atoms with Gasteiger partial charge in [-0.05, 0) is 50.5 Å². The van der Waals surface area contributed by atoms with Crippen LogP contribution in [-0.4, -0.2) is 76.8 Å². The van der Waals surface area contributed by atoms with E-state index in [-0.39, 0.29) is 12.5 Å². The Morgan fingerprint density at radius 2 is 1.91 bits per heavy atom. The fraction of sp³-hybridized carbons (Fsp3) is 0.462. The number of nitrogens with zero attached hydrogens (tertiary/aromatic N) is 3. The molecule has 1 aromatic heterocycles. The molecule has 5 rings (SSSR count). The number of carbonyl (C=O) groups excluding carboxylic acids is 1. The maximum atomic E-state index is 12.7. The first kappa shape index (κ1) is 23.2. The summed E-state index contributed by atoms with van der Waals surface area (Å²) in [6.07, 6.45) is 0.484. The first-order valence-electron chi connectivity index (χ1n) is 11.9. The number of likely N-dealkylation sites (tertiary alicyclic amines) is 2. The smallest absolute Gasteiger partial charge is 0.238 e. The van der Waals surface area contributed by atoms with Crippen LogP contribution in [0.3, 0.4) is 0 Å². The van der Waals surface area contributed by atoms with Gasteiger partial charge in [-0.2, -0.15) is 0 Å². The van der Waals surface area contributed by atoms with Crippen LogP contribution in [0.1, 0.15) is 22.6 Å². The molecule has 180 valence electrons. The summed E-state index contributed by atoms with van der Waals surface area (Å²) in [5.41, 5.74) is 4.03. The number of nitrogens with one attached hydrogen (secondary N) is 1. The maximum absolute atomic E-state index is 12.7. The van der Waals surface area contributed by atoms with E-state index in [1.165, 1.54) is 0 Å². The zero-order valence-electron chi connectivity index (χ0n) is 20.0. The number of piperazine rings is 1. The monoisotopic (exact) mass is 480 g/mol. The van der Waals surface area contributed by atoms with Gasteiger partial charge in [-0.3, -0.25) is 14.6 Å². The predicted octanol–water partition coefficient (Wildman–Crippen LogP) is 3.36. The van der Waals surface area contributed by atoms with Gasteiger partial charge in [0.15, 0.2) is 0 Å². The molecule has 1 amide bonds. The minimum absolute atomic E-state index is 0.0391. The highest BCUT2D eigenvalue weighted by atomic mass is 32.1. The summed E-state index contributed by atoms with van der Waals surface area (Å²) in [6.45, 7) is 9.02. The number of aliphatic hydroxyl groups is 1. The number of rotatable bonds is 8. The number of anilines is 1. The third kappa shape index (κ3) is 4.95. The Labute approximate surface area is 204 Å². The first-order chi connectivity index (χ1) is 16.4. The van der Waals surface area contributed by atoms with Crippen LogP contribution in [0.4, 0.5) is 5.69 Å². The lowest BCUT2D eigenvalue weighted by molar-refractivity contribution is -0.118. The van der Waals surface area contributed by atoms with Crippen molar-refractivity contribution in [1.29, 1.82) is 0 Å². The average Bonchev–Trinajstić information content (AvgIpc) is 3.47. The van der Waals surface area contributed by atoms with E-state index < -0.39 is 6.10 Å². The average molecular weight is 481 g/mol. The highest BCUT2D eigenvalue weighted by Gasteiger charge is 2.43. The molecule has 3 atom stereocenters. The van der Waals surface area contributed by atoms with E-state index in [4.69, 9.17) is 4.74 Å². The van der Waals surface area contributed by atoms with Gasteiger partial charge in [-0.25, -0.2) is 4.98 Å². The minimum Gasteiger partial charge on any atom is -0.491 e. The molecule has 0 saturated carbocycles. The minimum atomic E-state index is -0.562. The third-order valence-electron chi connectivity index (χ3n) is 6.91. The van der Waals surface area contributed by atoms with Crippen molar-refractivity contribution < 1.29 is 14.6 Å². The molecule has 34 heavy (non-hydrogen) atoms. The van der Waals surface area contributed by atoms with Crippen LogP contribution in [0.2, 0.25) is 0 Å². The number of aliphatic hydroxyl groups excluding tert-OH is 1. The van der Waals surface area contributed by atoms with Crippen LogP contribution in [0.15, 0.2) is 36.4 Å². The summed E-state index contributed by atoms with van der Waals surface area (Å²) in [6, 6.07) is 12.7. The number of ether oxygens (including phenoxy) is 1. The maximum Gasteiger partial charge on any atom is 0.238 e. The lowest BCUT2D eigenvalue weighted by atomic mass is 10.1. The van der Waals surface area contributed by atoms with Gasteiger partial charge in [0.05, 0.1) is 21.8 Å². The van der Waals surface area contributed by atoms with Crippen LogP contribution in [0.5, 0.6) is 5.75 Å². The molecule has 8 heteroatoms.